The van der Waals surface area contributed by atoms with Crippen LogP contribution in [0.1, 0.15) is 22.4 Å². The second-order valence-corrected chi connectivity index (χ2v) is 6.77. The zero-order valence-corrected chi connectivity index (χ0v) is 13.1. The van der Waals surface area contributed by atoms with Crippen LogP contribution in [-0.4, -0.2) is 6.54 Å². The third kappa shape index (κ3) is 3.38. The average molecular weight is 337 g/mol. The van der Waals surface area contributed by atoms with Crippen molar-refractivity contribution in [2.24, 2.45) is 0 Å². The number of thiophene rings is 1. The molecule has 0 spiro atoms. The quantitative estimate of drug-likeness (QED) is 0.875. The van der Waals surface area contributed by atoms with Crippen molar-refractivity contribution in [2.75, 3.05) is 11.9 Å². The van der Waals surface area contributed by atoms with Crippen LogP contribution in [0.25, 0.3) is 0 Å². The maximum absolute atomic E-state index is 3.51. The van der Waals surface area contributed by atoms with Crippen LogP contribution in [-0.2, 0) is 19.5 Å². The van der Waals surface area contributed by atoms with Crippen molar-refractivity contribution in [1.82, 2.24) is 5.32 Å². The van der Waals surface area contributed by atoms with E-state index in [0.29, 0.717) is 0 Å². The Balaban J connectivity index is 1.58. The van der Waals surface area contributed by atoms with E-state index < -0.39 is 0 Å². The first-order valence-corrected chi connectivity index (χ1v) is 8.28. The number of aryl methyl sites for hydroxylation is 1. The highest BCUT2D eigenvalue weighted by atomic mass is 79.9. The van der Waals surface area contributed by atoms with Gasteiger partial charge in [-0.25, -0.2) is 0 Å². The Kier molecular flexibility index (Phi) is 4.21. The van der Waals surface area contributed by atoms with Gasteiger partial charge in [0.05, 0.1) is 0 Å². The Morgan fingerprint density at radius 3 is 3.05 bits per heavy atom. The summed E-state index contributed by atoms with van der Waals surface area (Å²) in [7, 11) is 0. The molecule has 1 aromatic carbocycles. The lowest BCUT2D eigenvalue weighted by atomic mass is 10.0. The van der Waals surface area contributed by atoms with Crippen LogP contribution in [0.2, 0.25) is 0 Å². The largest absolute Gasteiger partial charge is 0.385 e. The number of rotatable bonds is 4. The number of benzene rings is 1. The summed E-state index contributed by atoms with van der Waals surface area (Å²) in [5.41, 5.74) is 4.15. The molecule has 2 aromatic rings. The molecule has 0 fully saturated rings. The summed E-state index contributed by atoms with van der Waals surface area (Å²) in [6.45, 7) is 2.98. The molecule has 0 aliphatic carbocycles. The fourth-order valence-corrected chi connectivity index (χ4v) is 3.84. The van der Waals surface area contributed by atoms with Crippen molar-refractivity contribution in [2.45, 2.75) is 25.9 Å². The minimum Gasteiger partial charge on any atom is -0.385 e. The summed E-state index contributed by atoms with van der Waals surface area (Å²) < 4.78 is 1.18. The summed E-state index contributed by atoms with van der Waals surface area (Å²) in [5, 5.41) is 9.08. The molecule has 19 heavy (non-hydrogen) atoms. The maximum Gasteiger partial charge on any atom is 0.0372 e. The fourth-order valence-electron chi connectivity index (χ4n) is 2.41. The molecular formula is C15H17BrN2S. The van der Waals surface area contributed by atoms with Gasteiger partial charge in [-0.05, 0) is 52.0 Å². The van der Waals surface area contributed by atoms with Gasteiger partial charge >= 0.3 is 0 Å². The van der Waals surface area contributed by atoms with Crippen LogP contribution in [0.5, 0.6) is 0 Å². The van der Waals surface area contributed by atoms with Crippen LogP contribution < -0.4 is 10.6 Å². The van der Waals surface area contributed by atoms with Crippen LogP contribution in [0.3, 0.4) is 0 Å². The van der Waals surface area contributed by atoms with E-state index in [-0.39, 0.29) is 0 Å². The standard InChI is InChI=1S/C15H17BrN2S/c16-13-7-14(19-10-13)9-17-8-11-3-4-15-12(6-11)2-1-5-18-15/h3-4,6-7,10,17-18H,1-2,5,8-9H2. The SMILES string of the molecule is Brc1csc(CNCc2ccc3c(c2)CCCN3)c1. The normalized spacial score (nSPS) is 13.9. The topological polar surface area (TPSA) is 24.1 Å². The molecule has 0 saturated heterocycles. The van der Waals surface area contributed by atoms with Crippen molar-refractivity contribution in [3.05, 3.63) is 50.1 Å². The smallest absolute Gasteiger partial charge is 0.0372 e. The first-order valence-electron chi connectivity index (χ1n) is 6.60. The lowest BCUT2D eigenvalue weighted by Crippen LogP contribution is -2.14. The zero-order valence-electron chi connectivity index (χ0n) is 10.7. The molecule has 1 aliphatic rings. The van der Waals surface area contributed by atoms with E-state index in [1.165, 1.54) is 39.0 Å². The van der Waals surface area contributed by atoms with Gasteiger partial charge in [0.25, 0.3) is 0 Å². The number of anilines is 1. The third-order valence-corrected chi connectivity index (χ3v) is 5.06. The molecule has 4 heteroatoms. The predicted molar refractivity (Wildman–Crippen MR) is 85.8 cm³/mol. The van der Waals surface area contributed by atoms with Crippen LogP contribution in [0.15, 0.2) is 34.1 Å². The molecular weight excluding hydrogens is 320 g/mol. The predicted octanol–water partition coefficient (Wildman–Crippen LogP) is 4.16. The Morgan fingerprint density at radius 2 is 2.21 bits per heavy atom. The Morgan fingerprint density at radius 1 is 1.26 bits per heavy atom. The van der Waals surface area contributed by atoms with Gasteiger partial charge in [-0.3, -0.25) is 0 Å². The van der Waals surface area contributed by atoms with E-state index in [0.717, 1.165) is 19.6 Å². The number of fused-ring (bicyclic) bond motifs is 1. The van der Waals surface area contributed by atoms with Gasteiger partial charge < -0.3 is 10.6 Å². The highest BCUT2D eigenvalue weighted by Crippen LogP contribution is 2.23. The maximum atomic E-state index is 3.51. The van der Waals surface area contributed by atoms with Gasteiger partial charge in [0, 0.05) is 40.1 Å². The van der Waals surface area contributed by atoms with E-state index in [1.54, 1.807) is 11.3 Å². The van der Waals surface area contributed by atoms with Crippen LogP contribution in [0.4, 0.5) is 5.69 Å². The molecule has 1 aromatic heterocycles. The van der Waals surface area contributed by atoms with Crippen molar-refractivity contribution in [3.63, 3.8) is 0 Å². The highest BCUT2D eigenvalue weighted by molar-refractivity contribution is 9.10. The Labute approximate surface area is 126 Å². The van der Waals surface area contributed by atoms with Gasteiger partial charge in [-0.2, -0.15) is 0 Å². The minimum atomic E-state index is 0.933. The molecule has 0 atom stereocenters. The molecule has 0 bridgehead atoms. The van der Waals surface area contributed by atoms with Gasteiger partial charge in [0.15, 0.2) is 0 Å². The summed E-state index contributed by atoms with van der Waals surface area (Å²) in [6.07, 6.45) is 2.45. The van der Waals surface area contributed by atoms with Crippen LogP contribution in [0, 0.1) is 0 Å². The van der Waals surface area contributed by atoms with Crippen molar-refractivity contribution in [3.8, 4) is 0 Å². The van der Waals surface area contributed by atoms with E-state index >= 15 is 0 Å². The lowest BCUT2D eigenvalue weighted by Gasteiger charge is -2.18. The molecule has 0 unspecified atom stereocenters. The Hall–Kier alpha value is -0.840. The zero-order chi connectivity index (χ0) is 13.1. The van der Waals surface area contributed by atoms with Gasteiger partial charge in [-0.1, -0.05) is 12.1 Å². The molecule has 100 valence electrons. The molecule has 2 nitrogen and oxygen atoms in total. The molecule has 2 heterocycles. The molecule has 0 amide bonds. The summed E-state index contributed by atoms with van der Waals surface area (Å²) in [5.74, 6) is 0. The second-order valence-electron chi connectivity index (χ2n) is 4.86. The second kappa shape index (κ2) is 6.07. The van der Waals surface area contributed by atoms with E-state index in [2.05, 4.69) is 56.2 Å². The number of halogens is 1. The monoisotopic (exact) mass is 336 g/mol. The Bertz CT molecular complexity index is 565. The van der Waals surface area contributed by atoms with Gasteiger partial charge in [0.2, 0.25) is 0 Å². The molecule has 0 radical (unpaired) electrons. The number of hydrogen-bond donors (Lipinski definition) is 2. The third-order valence-electron chi connectivity index (χ3n) is 3.36. The molecule has 0 saturated carbocycles. The number of nitrogens with one attached hydrogen (secondary N) is 2. The van der Waals surface area contributed by atoms with Crippen molar-refractivity contribution in [1.29, 1.82) is 0 Å². The molecule has 3 rings (SSSR count). The van der Waals surface area contributed by atoms with Crippen molar-refractivity contribution < 1.29 is 0 Å². The first kappa shape index (κ1) is 13.2. The van der Waals surface area contributed by atoms with E-state index in [1.807, 2.05) is 0 Å². The summed E-state index contributed by atoms with van der Waals surface area (Å²) in [4.78, 5) is 1.37. The van der Waals surface area contributed by atoms with Crippen LogP contribution >= 0.6 is 27.3 Å². The van der Waals surface area contributed by atoms with Gasteiger partial charge in [0.1, 0.15) is 0 Å². The summed E-state index contributed by atoms with van der Waals surface area (Å²) >= 11 is 5.27. The first-order chi connectivity index (χ1) is 9.31. The highest BCUT2D eigenvalue weighted by Gasteiger charge is 2.08. The average Bonchev–Trinajstić information content (AvgIpc) is 2.84. The molecule has 1 aliphatic heterocycles. The van der Waals surface area contributed by atoms with Gasteiger partial charge in [-0.15, -0.1) is 11.3 Å². The lowest BCUT2D eigenvalue weighted by molar-refractivity contribution is 0.699. The minimum absolute atomic E-state index is 0.933. The fraction of sp³-hybridized carbons (Fsp3) is 0.333. The van der Waals surface area contributed by atoms with E-state index in [9.17, 15) is 0 Å². The molecule has 2 N–H and O–H groups in total. The van der Waals surface area contributed by atoms with Crippen molar-refractivity contribution >= 4 is 33.0 Å². The number of hydrogen-bond acceptors (Lipinski definition) is 3. The summed E-state index contributed by atoms with van der Waals surface area (Å²) in [6, 6.07) is 8.94. The van der Waals surface area contributed by atoms with E-state index in [4.69, 9.17) is 0 Å².